The van der Waals surface area contributed by atoms with Gasteiger partial charge in [-0.15, -0.1) is 11.3 Å². The monoisotopic (exact) mass is 331 g/mol. The molecule has 1 aliphatic heterocycles. The molecule has 118 valence electrons. The average molecular weight is 332 g/mol. The number of rotatable bonds is 4. The van der Waals surface area contributed by atoms with Crippen molar-refractivity contribution in [2.75, 3.05) is 13.1 Å². The Balaban J connectivity index is 1.80. The van der Waals surface area contributed by atoms with E-state index in [4.69, 9.17) is 16.3 Å². The number of carbonyl (C=O) groups is 1. The zero-order valence-electron chi connectivity index (χ0n) is 12.7. The van der Waals surface area contributed by atoms with Gasteiger partial charge in [-0.05, 0) is 40.2 Å². The summed E-state index contributed by atoms with van der Waals surface area (Å²) in [4.78, 5) is 19.3. The fourth-order valence-electron chi connectivity index (χ4n) is 2.41. The molecular formula is C14H22ClN3O2S. The number of carbonyl (C=O) groups excluding carboxylic acids is 1. The Hall–Kier alpha value is -0.850. The van der Waals surface area contributed by atoms with Gasteiger partial charge in [-0.1, -0.05) is 11.6 Å². The Morgan fingerprint density at radius 2 is 2.38 bits per heavy atom. The number of alkyl carbamates (subject to hydrolysis) is 1. The Kier molecular flexibility index (Phi) is 5.46. The predicted molar refractivity (Wildman–Crippen MR) is 84.8 cm³/mol. The summed E-state index contributed by atoms with van der Waals surface area (Å²) >= 11 is 7.37. The average Bonchev–Trinajstić information content (AvgIpc) is 2.94. The molecule has 0 aromatic carbocycles. The van der Waals surface area contributed by atoms with Gasteiger partial charge in [-0.25, -0.2) is 9.78 Å². The summed E-state index contributed by atoms with van der Waals surface area (Å²) in [5.41, 5.74) is -0.459. The first-order valence-corrected chi connectivity index (χ1v) is 8.34. The molecular weight excluding hydrogens is 310 g/mol. The highest BCUT2D eigenvalue weighted by Crippen LogP contribution is 2.24. The van der Waals surface area contributed by atoms with E-state index in [-0.39, 0.29) is 6.09 Å². The molecule has 2 heterocycles. The number of nitrogens with one attached hydrogen (secondary N) is 1. The third-order valence-corrected chi connectivity index (χ3v) is 4.36. The minimum Gasteiger partial charge on any atom is -0.444 e. The minimum absolute atomic E-state index is 0.346. The van der Waals surface area contributed by atoms with Crippen LogP contribution in [0.3, 0.4) is 0 Å². The van der Waals surface area contributed by atoms with Crippen molar-refractivity contribution >= 4 is 29.0 Å². The van der Waals surface area contributed by atoms with E-state index < -0.39 is 5.60 Å². The Bertz CT molecular complexity index is 487. The lowest BCUT2D eigenvalue weighted by molar-refractivity contribution is 0.0512. The molecule has 2 rings (SSSR count). The molecule has 1 fully saturated rings. The van der Waals surface area contributed by atoms with Gasteiger partial charge in [0.1, 0.15) is 5.60 Å². The molecule has 1 aromatic rings. The first-order chi connectivity index (χ1) is 9.83. The van der Waals surface area contributed by atoms with Crippen molar-refractivity contribution in [1.29, 1.82) is 0 Å². The number of amides is 1. The minimum atomic E-state index is -0.459. The van der Waals surface area contributed by atoms with Crippen LogP contribution < -0.4 is 5.32 Å². The van der Waals surface area contributed by atoms with E-state index in [0.717, 1.165) is 30.8 Å². The van der Waals surface area contributed by atoms with Crippen LogP contribution in [-0.4, -0.2) is 40.7 Å². The fraction of sp³-hybridized carbons (Fsp3) is 0.714. The molecule has 0 radical (unpaired) electrons. The number of aromatic nitrogens is 1. The smallest absolute Gasteiger partial charge is 0.407 e. The molecule has 1 N–H and O–H groups in total. The van der Waals surface area contributed by atoms with Crippen LogP contribution in [0.5, 0.6) is 0 Å². The third kappa shape index (κ3) is 5.45. The van der Waals surface area contributed by atoms with Crippen LogP contribution in [0.25, 0.3) is 0 Å². The number of hydrogen-bond acceptors (Lipinski definition) is 5. The van der Waals surface area contributed by atoms with E-state index in [0.29, 0.717) is 17.1 Å². The van der Waals surface area contributed by atoms with E-state index >= 15 is 0 Å². The van der Waals surface area contributed by atoms with Gasteiger partial charge >= 0.3 is 6.09 Å². The molecule has 1 amide bonds. The van der Waals surface area contributed by atoms with E-state index in [1.165, 1.54) is 11.3 Å². The molecule has 1 saturated heterocycles. The largest absolute Gasteiger partial charge is 0.444 e. The summed E-state index contributed by atoms with van der Waals surface area (Å²) in [7, 11) is 0. The lowest BCUT2D eigenvalue weighted by Gasteiger charge is -2.25. The van der Waals surface area contributed by atoms with E-state index in [9.17, 15) is 4.79 Å². The normalized spacial score (nSPS) is 19.7. The second-order valence-electron chi connectivity index (χ2n) is 6.23. The van der Waals surface area contributed by atoms with Gasteiger partial charge in [-0.3, -0.25) is 4.90 Å². The molecule has 0 bridgehead atoms. The number of likely N-dealkylation sites (tertiary alicyclic amines) is 1. The SMILES string of the molecule is CC(C)(C)OC(=O)NC[C@H]1CCCN1Cc1cnc(Cl)s1. The molecule has 1 aromatic heterocycles. The van der Waals surface area contributed by atoms with Crippen LogP contribution in [0.2, 0.25) is 4.47 Å². The number of nitrogens with zero attached hydrogens (tertiary/aromatic N) is 2. The molecule has 5 nitrogen and oxygen atoms in total. The Morgan fingerprint density at radius 3 is 3.00 bits per heavy atom. The van der Waals surface area contributed by atoms with Crippen LogP contribution in [0.1, 0.15) is 38.5 Å². The van der Waals surface area contributed by atoms with Gasteiger partial charge in [0, 0.05) is 30.2 Å². The number of thiazole rings is 1. The predicted octanol–water partition coefficient (Wildman–Crippen LogP) is 3.29. The van der Waals surface area contributed by atoms with Gasteiger partial charge in [-0.2, -0.15) is 0 Å². The van der Waals surface area contributed by atoms with E-state index in [1.54, 1.807) is 0 Å². The van der Waals surface area contributed by atoms with Crippen LogP contribution >= 0.6 is 22.9 Å². The zero-order chi connectivity index (χ0) is 15.5. The molecule has 21 heavy (non-hydrogen) atoms. The molecule has 1 atom stereocenters. The molecule has 7 heteroatoms. The van der Waals surface area contributed by atoms with Crippen molar-refractivity contribution in [3.05, 3.63) is 15.5 Å². The maximum atomic E-state index is 11.7. The van der Waals surface area contributed by atoms with Crippen molar-refractivity contribution in [3.8, 4) is 0 Å². The van der Waals surface area contributed by atoms with Gasteiger partial charge < -0.3 is 10.1 Å². The lowest BCUT2D eigenvalue weighted by Crippen LogP contribution is -2.41. The number of hydrogen-bond donors (Lipinski definition) is 1. The highest BCUT2D eigenvalue weighted by molar-refractivity contribution is 7.15. The second kappa shape index (κ2) is 6.94. The van der Waals surface area contributed by atoms with Crippen molar-refractivity contribution in [1.82, 2.24) is 15.2 Å². The standard InChI is InChI=1S/C14H22ClN3O2S/c1-14(2,3)20-13(19)17-7-10-5-4-6-18(10)9-11-8-16-12(15)21-11/h8,10H,4-7,9H2,1-3H3,(H,17,19)/t10-/m1/s1. The molecule has 0 aliphatic carbocycles. The van der Waals surface area contributed by atoms with Crippen molar-refractivity contribution < 1.29 is 9.53 Å². The molecule has 0 unspecified atom stereocenters. The van der Waals surface area contributed by atoms with Crippen LogP contribution in [0.4, 0.5) is 4.79 Å². The van der Waals surface area contributed by atoms with Crippen LogP contribution in [-0.2, 0) is 11.3 Å². The summed E-state index contributed by atoms with van der Waals surface area (Å²) in [5, 5.41) is 2.86. The fourth-order valence-corrected chi connectivity index (χ4v) is 3.41. The first-order valence-electron chi connectivity index (χ1n) is 7.14. The lowest BCUT2D eigenvalue weighted by atomic mass is 10.2. The van der Waals surface area contributed by atoms with Gasteiger partial charge in [0.15, 0.2) is 4.47 Å². The summed E-state index contributed by atoms with van der Waals surface area (Å²) < 4.78 is 5.84. The summed E-state index contributed by atoms with van der Waals surface area (Å²) in [6.07, 6.45) is 3.70. The van der Waals surface area contributed by atoms with Crippen molar-refractivity contribution in [2.24, 2.45) is 0 Å². The van der Waals surface area contributed by atoms with Gasteiger partial charge in [0.2, 0.25) is 0 Å². The summed E-state index contributed by atoms with van der Waals surface area (Å²) in [6, 6.07) is 0.346. The quantitative estimate of drug-likeness (QED) is 0.919. The Morgan fingerprint density at radius 1 is 1.62 bits per heavy atom. The molecule has 1 aliphatic rings. The van der Waals surface area contributed by atoms with E-state index in [1.807, 2.05) is 27.0 Å². The maximum absolute atomic E-state index is 11.7. The van der Waals surface area contributed by atoms with Gasteiger partial charge in [0.25, 0.3) is 0 Å². The maximum Gasteiger partial charge on any atom is 0.407 e. The topological polar surface area (TPSA) is 54.5 Å². The van der Waals surface area contributed by atoms with Crippen molar-refractivity contribution in [2.45, 2.75) is 51.8 Å². The van der Waals surface area contributed by atoms with Crippen molar-refractivity contribution in [3.63, 3.8) is 0 Å². The summed E-state index contributed by atoms with van der Waals surface area (Å²) in [5.74, 6) is 0. The third-order valence-electron chi connectivity index (χ3n) is 3.26. The Labute approximate surface area is 134 Å². The number of halogens is 1. The summed E-state index contributed by atoms with van der Waals surface area (Å²) in [6.45, 7) is 8.08. The molecule has 0 spiro atoms. The van der Waals surface area contributed by atoms with E-state index in [2.05, 4.69) is 15.2 Å². The zero-order valence-corrected chi connectivity index (χ0v) is 14.3. The van der Waals surface area contributed by atoms with Gasteiger partial charge in [0.05, 0.1) is 0 Å². The highest BCUT2D eigenvalue weighted by atomic mass is 35.5. The van der Waals surface area contributed by atoms with Crippen LogP contribution in [0, 0.1) is 0 Å². The second-order valence-corrected chi connectivity index (χ2v) is 7.93. The molecule has 0 saturated carbocycles. The highest BCUT2D eigenvalue weighted by Gasteiger charge is 2.26. The number of ether oxygens (including phenoxy) is 1. The van der Waals surface area contributed by atoms with Crippen LogP contribution in [0.15, 0.2) is 6.20 Å². The first kappa shape index (κ1) is 16.5.